The van der Waals surface area contributed by atoms with Crippen LogP contribution < -0.4 is 9.80 Å². The van der Waals surface area contributed by atoms with Gasteiger partial charge in [0.25, 0.3) is 5.91 Å². The highest BCUT2D eigenvalue weighted by Gasteiger charge is 2.26. The van der Waals surface area contributed by atoms with Crippen LogP contribution in [-0.2, 0) is 11.3 Å². The van der Waals surface area contributed by atoms with E-state index in [4.69, 9.17) is 11.6 Å². The van der Waals surface area contributed by atoms with Gasteiger partial charge in [0, 0.05) is 34.8 Å². The second-order valence-corrected chi connectivity index (χ2v) is 7.98. The number of anilines is 1. The lowest BCUT2D eigenvalue weighted by Crippen LogP contribution is -3.13. The SMILES string of the molecule is O=C(c1cccc(N2CCCC2=O)c1)N1CC[NH+](Cc2cccc(Cl)c2)CC1. The summed E-state index contributed by atoms with van der Waals surface area (Å²) in [6.07, 6.45) is 1.48. The van der Waals surface area contributed by atoms with Gasteiger partial charge in [0.05, 0.1) is 26.2 Å². The van der Waals surface area contributed by atoms with Crippen molar-refractivity contribution in [3.05, 3.63) is 64.7 Å². The number of hydrogen-bond donors (Lipinski definition) is 1. The van der Waals surface area contributed by atoms with Crippen LogP contribution in [0.4, 0.5) is 5.69 Å². The van der Waals surface area contributed by atoms with Gasteiger partial charge in [-0.05, 0) is 36.8 Å². The first-order valence-corrected chi connectivity index (χ1v) is 10.3. The summed E-state index contributed by atoms with van der Waals surface area (Å²) in [6.45, 7) is 4.98. The van der Waals surface area contributed by atoms with E-state index in [1.807, 2.05) is 47.4 Å². The number of benzene rings is 2. The zero-order chi connectivity index (χ0) is 19.5. The van der Waals surface area contributed by atoms with E-state index in [0.29, 0.717) is 12.0 Å². The molecule has 0 unspecified atom stereocenters. The minimum absolute atomic E-state index is 0.0512. The van der Waals surface area contributed by atoms with Gasteiger partial charge in [-0.1, -0.05) is 29.8 Å². The molecule has 5 nitrogen and oxygen atoms in total. The summed E-state index contributed by atoms with van der Waals surface area (Å²) in [5.74, 6) is 0.193. The normalized spacial score (nSPS) is 18.0. The Labute approximate surface area is 170 Å². The van der Waals surface area contributed by atoms with Crippen molar-refractivity contribution < 1.29 is 14.5 Å². The van der Waals surface area contributed by atoms with Gasteiger partial charge < -0.3 is 14.7 Å². The Hall–Kier alpha value is -2.37. The van der Waals surface area contributed by atoms with E-state index in [9.17, 15) is 9.59 Å². The lowest BCUT2D eigenvalue weighted by Gasteiger charge is -2.32. The number of quaternary nitrogens is 1. The quantitative estimate of drug-likeness (QED) is 0.856. The van der Waals surface area contributed by atoms with Crippen LogP contribution in [0, 0.1) is 0 Å². The first kappa shape index (κ1) is 19.0. The molecule has 0 spiro atoms. The molecule has 2 aromatic carbocycles. The van der Waals surface area contributed by atoms with E-state index in [1.54, 1.807) is 4.90 Å². The van der Waals surface area contributed by atoms with Gasteiger partial charge in [-0.15, -0.1) is 0 Å². The first-order valence-electron chi connectivity index (χ1n) is 9.88. The van der Waals surface area contributed by atoms with Gasteiger partial charge in [0.2, 0.25) is 5.91 Å². The third-order valence-corrected chi connectivity index (χ3v) is 5.81. The van der Waals surface area contributed by atoms with Gasteiger partial charge in [-0.2, -0.15) is 0 Å². The molecule has 0 radical (unpaired) electrons. The summed E-state index contributed by atoms with van der Waals surface area (Å²) in [4.78, 5) is 30.1. The van der Waals surface area contributed by atoms with Crippen LogP contribution in [0.2, 0.25) is 5.02 Å². The number of carbonyl (C=O) groups is 2. The van der Waals surface area contributed by atoms with Crippen molar-refractivity contribution >= 4 is 29.1 Å². The van der Waals surface area contributed by atoms with Crippen LogP contribution in [0.3, 0.4) is 0 Å². The molecule has 2 fully saturated rings. The van der Waals surface area contributed by atoms with Crippen molar-refractivity contribution in [2.45, 2.75) is 19.4 Å². The Morgan fingerprint density at radius 3 is 2.54 bits per heavy atom. The predicted molar refractivity (Wildman–Crippen MR) is 110 cm³/mol. The average molecular weight is 399 g/mol. The van der Waals surface area contributed by atoms with E-state index in [2.05, 4.69) is 6.07 Å². The number of rotatable bonds is 4. The Kier molecular flexibility index (Phi) is 5.64. The molecule has 4 rings (SSSR count). The lowest BCUT2D eigenvalue weighted by molar-refractivity contribution is -0.917. The molecule has 2 aliphatic heterocycles. The van der Waals surface area contributed by atoms with Crippen LogP contribution in [0.25, 0.3) is 0 Å². The Morgan fingerprint density at radius 1 is 1.04 bits per heavy atom. The fourth-order valence-corrected chi connectivity index (χ4v) is 4.26. The van der Waals surface area contributed by atoms with Crippen LogP contribution in [0.1, 0.15) is 28.8 Å². The molecule has 146 valence electrons. The highest BCUT2D eigenvalue weighted by atomic mass is 35.5. The van der Waals surface area contributed by atoms with Gasteiger partial charge in [0.15, 0.2) is 0 Å². The highest BCUT2D eigenvalue weighted by Crippen LogP contribution is 2.23. The molecular formula is C22H25ClN3O2+. The second kappa shape index (κ2) is 8.33. The smallest absolute Gasteiger partial charge is 0.254 e. The zero-order valence-electron chi connectivity index (χ0n) is 15.9. The van der Waals surface area contributed by atoms with Crippen molar-refractivity contribution in [1.82, 2.24) is 4.90 Å². The minimum atomic E-state index is 0.0512. The van der Waals surface area contributed by atoms with E-state index < -0.39 is 0 Å². The Balaban J connectivity index is 1.37. The molecular weight excluding hydrogens is 374 g/mol. The van der Waals surface area contributed by atoms with Gasteiger partial charge in [0.1, 0.15) is 6.54 Å². The molecule has 2 saturated heterocycles. The lowest BCUT2D eigenvalue weighted by atomic mass is 10.1. The van der Waals surface area contributed by atoms with E-state index in [-0.39, 0.29) is 11.8 Å². The fraction of sp³-hybridized carbons (Fsp3) is 0.364. The van der Waals surface area contributed by atoms with Gasteiger partial charge in [-0.25, -0.2) is 0 Å². The molecule has 2 amide bonds. The maximum atomic E-state index is 13.0. The van der Waals surface area contributed by atoms with E-state index in [0.717, 1.165) is 56.4 Å². The number of piperazine rings is 1. The third-order valence-electron chi connectivity index (χ3n) is 5.58. The number of carbonyl (C=O) groups excluding carboxylic acids is 2. The van der Waals surface area contributed by atoms with Gasteiger partial charge >= 0.3 is 0 Å². The average Bonchev–Trinajstić information content (AvgIpc) is 3.14. The summed E-state index contributed by atoms with van der Waals surface area (Å²) in [6, 6.07) is 15.5. The predicted octanol–water partition coefficient (Wildman–Crippen LogP) is 2.01. The molecule has 2 aromatic rings. The van der Waals surface area contributed by atoms with Crippen LogP contribution >= 0.6 is 11.6 Å². The Bertz CT molecular complexity index is 878. The summed E-state index contributed by atoms with van der Waals surface area (Å²) in [5, 5.41) is 0.766. The maximum Gasteiger partial charge on any atom is 0.254 e. The third kappa shape index (κ3) is 4.21. The molecule has 0 saturated carbocycles. The molecule has 1 N–H and O–H groups in total. The van der Waals surface area contributed by atoms with Gasteiger partial charge in [-0.3, -0.25) is 9.59 Å². The number of nitrogens with zero attached hydrogens (tertiary/aromatic N) is 2. The zero-order valence-corrected chi connectivity index (χ0v) is 16.6. The number of nitrogens with one attached hydrogen (secondary N) is 1. The molecule has 28 heavy (non-hydrogen) atoms. The van der Waals surface area contributed by atoms with Crippen LogP contribution in [-0.4, -0.2) is 49.4 Å². The van der Waals surface area contributed by atoms with Crippen LogP contribution in [0.15, 0.2) is 48.5 Å². The molecule has 0 atom stereocenters. The van der Waals surface area contributed by atoms with Crippen molar-refractivity contribution in [1.29, 1.82) is 0 Å². The number of halogens is 1. The van der Waals surface area contributed by atoms with E-state index >= 15 is 0 Å². The first-order chi connectivity index (χ1) is 13.6. The number of hydrogen-bond acceptors (Lipinski definition) is 2. The molecule has 0 aliphatic carbocycles. The second-order valence-electron chi connectivity index (χ2n) is 7.55. The van der Waals surface area contributed by atoms with Crippen molar-refractivity contribution in [3.63, 3.8) is 0 Å². The molecule has 6 heteroatoms. The van der Waals surface area contributed by atoms with Crippen molar-refractivity contribution in [3.8, 4) is 0 Å². The Morgan fingerprint density at radius 2 is 1.82 bits per heavy atom. The largest absolute Gasteiger partial charge is 0.328 e. The number of amides is 2. The highest BCUT2D eigenvalue weighted by molar-refractivity contribution is 6.30. The monoisotopic (exact) mass is 398 g/mol. The standard InChI is InChI=1S/C22H24ClN3O2/c23-19-6-1-4-17(14-19)16-24-10-12-25(13-11-24)22(28)18-5-2-7-20(15-18)26-9-3-8-21(26)27/h1-2,4-7,14-15H,3,8-13,16H2/p+1. The molecule has 2 aliphatic rings. The summed E-state index contributed by atoms with van der Waals surface area (Å²) in [5.41, 5.74) is 2.72. The maximum absolute atomic E-state index is 13.0. The van der Waals surface area contributed by atoms with Crippen molar-refractivity contribution in [2.24, 2.45) is 0 Å². The summed E-state index contributed by atoms with van der Waals surface area (Å²) in [7, 11) is 0. The fourth-order valence-electron chi connectivity index (χ4n) is 4.05. The molecule has 0 bridgehead atoms. The molecule has 0 aromatic heterocycles. The van der Waals surface area contributed by atoms with E-state index in [1.165, 1.54) is 10.5 Å². The molecule has 2 heterocycles. The minimum Gasteiger partial charge on any atom is -0.328 e. The van der Waals surface area contributed by atoms with Crippen molar-refractivity contribution in [2.75, 3.05) is 37.6 Å². The summed E-state index contributed by atoms with van der Waals surface area (Å²) < 4.78 is 0. The summed E-state index contributed by atoms with van der Waals surface area (Å²) >= 11 is 6.08. The van der Waals surface area contributed by atoms with Crippen LogP contribution in [0.5, 0.6) is 0 Å². The topological polar surface area (TPSA) is 45.1 Å².